The van der Waals surface area contributed by atoms with E-state index in [-0.39, 0.29) is 18.6 Å². The van der Waals surface area contributed by atoms with Crippen LogP contribution in [0.5, 0.6) is 0 Å². The van der Waals surface area contributed by atoms with Gasteiger partial charge in [0.25, 0.3) is 5.91 Å². The molecule has 0 heterocycles. The molecule has 0 atom stereocenters. The van der Waals surface area contributed by atoms with E-state index in [0.717, 1.165) is 5.56 Å². The number of aliphatic hydroxyl groups is 1. The third-order valence-electron chi connectivity index (χ3n) is 3.63. The molecule has 5 heteroatoms. The van der Waals surface area contributed by atoms with Crippen molar-refractivity contribution in [1.82, 2.24) is 5.32 Å². The summed E-state index contributed by atoms with van der Waals surface area (Å²) in [6, 6.07) is 5.13. The predicted molar refractivity (Wildman–Crippen MR) is 78.1 cm³/mol. The number of carbonyl (C=O) groups is 1. The number of carbonyl (C=O) groups excluding carboxylic acids is 1. The van der Waals surface area contributed by atoms with Gasteiger partial charge >= 0.3 is 0 Å². The second kappa shape index (κ2) is 6.12. The van der Waals surface area contributed by atoms with E-state index in [1.807, 2.05) is 13.8 Å². The zero-order chi connectivity index (χ0) is 14.8. The third-order valence-corrected chi connectivity index (χ3v) is 3.86. The number of hydrogen-bond donors (Lipinski definition) is 2. The normalized spacial score (nSPS) is 25.1. The lowest BCUT2D eigenvalue weighted by atomic mass is 9.77. The molecule has 1 aromatic rings. The standard InChI is InChI=1S/C15H20ClNO3/c1-3-20-12-7-15(19,8-12)9-17-14(18)13-5-4-11(16)6-10(13)2/h4-6,12,19H,3,7-9H2,1-2H3,(H,17,18). The van der Waals surface area contributed by atoms with Crippen LogP contribution < -0.4 is 5.32 Å². The number of nitrogens with one attached hydrogen (secondary N) is 1. The molecule has 0 aromatic heterocycles. The van der Waals surface area contributed by atoms with Crippen LogP contribution in [-0.4, -0.2) is 35.9 Å². The van der Waals surface area contributed by atoms with Crippen molar-refractivity contribution in [2.45, 2.75) is 38.4 Å². The van der Waals surface area contributed by atoms with Crippen molar-refractivity contribution in [2.24, 2.45) is 0 Å². The zero-order valence-corrected chi connectivity index (χ0v) is 12.5. The van der Waals surface area contributed by atoms with E-state index >= 15 is 0 Å². The maximum absolute atomic E-state index is 12.1. The van der Waals surface area contributed by atoms with Gasteiger partial charge in [-0.25, -0.2) is 0 Å². The molecule has 2 rings (SSSR count). The first-order valence-electron chi connectivity index (χ1n) is 6.82. The fourth-order valence-electron chi connectivity index (χ4n) is 2.51. The summed E-state index contributed by atoms with van der Waals surface area (Å²) in [4.78, 5) is 12.1. The molecule has 0 radical (unpaired) electrons. The summed E-state index contributed by atoms with van der Waals surface area (Å²) in [7, 11) is 0. The van der Waals surface area contributed by atoms with Gasteiger partial charge in [0.1, 0.15) is 0 Å². The molecule has 2 N–H and O–H groups in total. The van der Waals surface area contributed by atoms with Crippen LogP contribution in [0.4, 0.5) is 0 Å². The molecule has 110 valence electrons. The third kappa shape index (κ3) is 3.51. The van der Waals surface area contributed by atoms with Crippen molar-refractivity contribution < 1.29 is 14.6 Å². The summed E-state index contributed by atoms with van der Waals surface area (Å²) >= 11 is 5.86. The minimum atomic E-state index is -0.837. The fraction of sp³-hybridized carbons (Fsp3) is 0.533. The highest BCUT2D eigenvalue weighted by Gasteiger charge is 2.43. The van der Waals surface area contributed by atoms with Gasteiger partial charge in [0.05, 0.1) is 11.7 Å². The van der Waals surface area contributed by atoms with Gasteiger partial charge < -0.3 is 15.2 Å². The second-order valence-corrected chi connectivity index (χ2v) is 5.79. The first kappa shape index (κ1) is 15.3. The van der Waals surface area contributed by atoms with Gasteiger partial charge in [0, 0.05) is 36.6 Å². The van der Waals surface area contributed by atoms with Gasteiger partial charge in [0.15, 0.2) is 0 Å². The Labute approximate surface area is 124 Å². The fourth-order valence-corrected chi connectivity index (χ4v) is 2.73. The van der Waals surface area contributed by atoms with Crippen LogP contribution in [0.3, 0.4) is 0 Å². The van der Waals surface area contributed by atoms with Gasteiger partial charge in [0.2, 0.25) is 0 Å². The van der Waals surface area contributed by atoms with Crippen LogP contribution in [0.2, 0.25) is 5.02 Å². The SMILES string of the molecule is CCOC1CC(O)(CNC(=O)c2ccc(Cl)cc2C)C1. The van der Waals surface area contributed by atoms with E-state index in [4.69, 9.17) is 16.3 Å². The van der Waals surface area contributed by atoms with Crippen LogP contribution in [0, 0.1) is 6.92 Å². The van der Waals surface area contributed by atoms with E-state index in [2.05, 4.69) is 5.32 Å². The Morgan fingerprint density at radius 3 is 2.85 bits per heavy atom. The Balaban J connectivity index is 1.87. The number of aryl methyl sites for hydroxylation is 1. The highest BCUT2D eigenvalue weighted by atomic mass is 35.5. The van der Waals surface area contributed by atoms with Gasteiger partial charge in [-0.1, -0.05) is 11.6 Å². The number of halogens is 1. The van der Waals surface area contributed by atoms with Crippen molar-refractivity contribution >= 4 is 17.5 Å². The molecule has 0 aliphatic heterocycles. The van der Waals surface area contributed by atoms with Crippen LogP contribution in [0.25, 0.3) is 0 Å². The number of ether oxygens (including phenoxy) is 1. The Bertz CT molecular complexity index is 498. The highest BCUT2D eigenvalue weighted by Crippen LogP contribution is 2.33. The monoisotopic (exact) mass is 297 g/mol. The largest absolute Gasteiger partial charge is 0.388 e. The summed E-state index contributed by atoms with van der Waals surface area (Å²) < 4.78 is 5.41. The molecule has 1 fully saturated rings. The minimum Gasteiger partial charge on any atom is -0.388 e. The smallest absolute Gasteiger partial charge is 0.251 e. The van der Waals surface area contributed by atoms with Crippen LogP contribution >= 0.6 is 11.6 Å². The first-order chi connectivity index (χ1) is 9.43. The maximum Gasteiger partial charge on any atom is 0.251 e. The maximum atomic E-state index is 12.1. The average Bonchev–Trinajstić information content (AvgIpc) is 2.34. The van der Waals surface area contributed by atoms with Gasteiger partial charge in [-0.15, -0.1) is 0 Å². The molecular formula is C15H20ClNO3. The molecule has 1 saturated carbocycles. The van der Waals surface area contributed by atoms with Crippen molar-refractivity contribution in [3.05, 3.63) is 34.3 Å². The number of benzene rings is 1. The molecule has 1 amide bonds. The van der Waals surface area contributed by atoms with E-state index in [1.54, 1.807) is 18.2 Å². The Morgan fingerprint density at radius 1 is 1.55 bits per heavy atom. The summed E-state index contributed by atoms with van der Waals surface area (Å²) in [6.07, 6.45) is 1.25. The summed E-state index contributed by atoms with van der Waals surface area (Å²) in [6.45, 7) is 4.67. The lowest BCUT2D eigenvalue weighted by Crippen LogP contribution is -2.55. The van der Waals surface area contributed by atoms with Crippen molar-refractivity contribution in [1.29, 1.82) is 0 Å². The van der Waals surface area contributed by atoms with Crippen molar-refractivity contribution in [2.75, 3.05) is 13.2 Å². The van der Waals surface area contributed by atoms with Crippen molar-refractivity contribution in [3.8, 4) is 0 Å². The Kier molecular flexibility index (Phi) is 4.68. The van der Waals surface area contributed by atoms with Gasteiger partial charge in [-0.3, -0.25) is 4.79 Å². The quantitative estimate of drug-likeness (QED) is 0.877. The molecule has 1 aliphatic carbocycles. The van der Waals surface area contributed by atoms with E-state index in [9.17, 15) is 9.90 Å². The van der Waals surface area contributed by atoms with E-state index < -0.39 is 5.60 Å². The van der Waals surface area contributed by atoms with E-state index in [0.29, 0.717) is 30.0 Å². The van der Waals surface area contributed by atoms with Gasteiger partial charge in [-0.05, 0) is 37.6 Å². The molecular weight excluding hydrogens is 278 g/mol. The average molecular weight is 298 g/mol. The number of hydrogen-bond acceptors (Lipinski definition) is 3. The summed E-state index contributed by atoms with van der Waals surface area (Å²) in [5.41, 5.74) is 0.567. The molecule has 0 bridgehead atoms. The molecule has 0 spiro atoms. The predicted octanol–water partition coefficient (Wildman–Crippen LogP) is 2.31. The first-order valence-corrected chi connectivity index (χ1v) is 7.19. The molecule has 0 unspecified atom stereocenters. The number of amides is 1. The molecule has 20 heavy (non-hydrogen) atoms. The summed E-state index contributed by atoms with van der Waals surface area (Å²) in [5.74, 6) is -0.188. The van der Waals surface area contributed by atoms with Gasteiger partial charge in [-0.2, -0.15) is 0 Å². The Hall–Kier alpha value is -1.10. The minimum absolute atomic E-state index is 0.110. The van der Waals surface area contributed by atoms with Crippen LogP contribution in [0.15, 0.2) is 18.2 Å². The second-order valence-electron chi connectivity index (χ2n) is 5.35. The molecule has 1 aliphatic rings. The molecule has 1 aromatic carbocycles. The number of rotatable bonds is 5. The van der Waals surface area contributed by atoms with Crippen molar-refractivity contribution in [3.63, 3.8) is 0 Å². The molecule has 0 saturated heterocycles. The lowest BCUT2D eigenvalue weighted by Gasteiger charge is -2.43. The zero-order valence-electron chi connectivity index (χ0n) is 11.8. The highest BCUT2D eigenvalue weighted by molar-refractivity contribution is 6.30. The van der Waals surface area contributed by atoms with Crippen LogP contribution in [-0.2, 0) is 4.74 Å². The Morgan fingerprint density at radius 2 is 2.25 bits per heavy atom. The topological polar surface area (TPSA) is 58.6 Å². The molecule has 4 nitrogen and oxygen atoms in total. The summed E-state index contributed by atoms with van der Waals surface area (Å²) in [5, 5.41) is 13.6. The van der Waals surface area contributed by atoms with E-state index in [1.165, 1.54) is 0 Å². The van der Waals surface area contributed by atoms with Crippen LogP contribution in [0.1, 0.15) is 35.7 Å². The lowest BCUT2D eigenvalue weighted by molar-refractivity contribution is -0.133.